The molecule has 9 heteroatoms. The smallest absolute Gasteiger partial charge is 0.294 e. The van der Waals surface area contributed by atoms with E-state index in [4.69, 9.17) is 28.5 Å². The average molecular weight is 494 g/mol. The SMILES string of the molecule is C/C=C(\Cn1c(-c2ccccc2)c(Cl)nc(NCCCCN)c1=O)NCc1ccc(C(=N)N)cc1. The Balaban J connectivity index is 1.88. The number of nitrogens with one attached hydrogen (secondary N) is 3. The number of rotatable bonds is 12. The number of aromatic nitrogens is 2. The van der Waals surface area contributed by atoms with Crippen molar-refractivity contribution in [1.29, 1.82) is 5.41 Å². The van der Waals surface area contributed by atoms with Crippen LogP contribution in [0.15, 0.2) is 71.2 Å². The lowest BCUT2D eigenvalue weighted by Crippen LogP contribution is -2.30. The summed E-state index contributed by atoms with van der Waals surface area (Å²) in [7, 11) is 0. The van der Waals surface area contributed by atoms with Crippen LogP contribution >= 0.6 is 11.6 Å². The van der Waals surface area contributed by atoms with E-state index in [1.807, 2.05) is 67.6 Å². The highest BCUT2D eigenvalue weighted by Gasteiger charge is 2.18. The summed E-state index contributed by atoms with van der Waals surface area (Å²) >= 11 is 6.62. The lowest BCUT2D eigenvalue weighted by Gasteiger charge is -2.19. The fourth-order valence-corrected chi connectivity index (χ4v) is 3.89. The quantitative estimate of drug-likeness (QED) is 0.148. The van der Waals surface area contributed by atoms with E-state index in [1.165, 1.54) is 0 Å². The molecule has 0 aliphatic heterocycles. The molecule has 1 aromatic heterocycles. The van der Waals surface area contributed by atoms with E-state index in [9.17, 15) is 4.79 Å². The van der Waals surface area contributed by atoms with Crippen molar-refractivity contribution in [2.45, 2.75) is 32.9 Å². The molecule has 0 aliphatic rings. The van der Waals surface area contributed by atoms with E-state index >= 15 is 0 Å². The third-order valence-electron chi connectivity index (χ3n) is 5.56. The molecule has 0 bridgehead atoms. The van der Waals surface area contributed by atoms with Crippen molar-refractivity contribution in [1.82, 2.24) is 14.9 Å². The molecule has 0 radical (unpaired) electrons. The van der Waals surface area contributed by atoms with Crippen LogP contribution in [0.3, 0.4) is 0 Å². The molecule has 0 unspecified atom stereocenters. The summed E-state index contributed by atoms with van der Waals surface area (Å²) in [6.45, 7) is 3.95. The van der Waals surface area contributed by atoms with Crippen molar-refractivity contribution in [3.8, 4) is 11.3 Å². The van der Waals surface area contributed by atoms with Crippen molar-refractivity contribution in [3.63, 3.8) is 0 Å². The van der Waals surface area contributed by atoms with Crippen LogP contribution in [-0.4, -0.2) is 28.5 Å². The number of nitrogen functional groups attached to an aromatic ring is 1. The fourth-order valence-electron chi connectivity index (χ4n) is 3.59. The Morgan fingerprint density at radius 3 is 2.49 bits per heavy atom. The van der Waals surface area contributed by atoms with Crippen LogP contribution in [0.25, 0.3) is 11.3 Å². The molecular formula is C26H32ClN7O. The molecule has 184 valence electrons. The summed E-state index contributed by atoms with van der Waals surface area (Å²) in [6, 6.07) is 17.0. The first-order valence-electron chi connectivity index (χ1n) is 11.6. The second-order valence-electron chi connectivity index (χ2n) is 8.06. The minimum atomic E-state index is -0.243. The van der Waals surface area contributed by atoms with Crippen molar-refractivity contribution < 1.29 is 0 Å². The zero-order valence-electron chi connectivity index (χ0n) is 19.9. The molecule has 0 saturated carbocycles. The van der Waals surface area contributed by atoms with Crippen molar-refractivity contribution in [3.05, 3.63) is 93.0 Å². The summed E-state index contributed by atoms with van der Waals surface area (Å²) in [5, 5.41) is 14.3. The third-order valence-corrected chi connectivity index (χ3v) is 5.82. The Labute approximate surface area is 210 Å². The van der Waals surface area contributed by atoms with Crippen molar-refractivity contribution >= 4 is 23.3 Å². The van der Waals surface area contributed by atoms with E-state index in [1.54, 1.807) is 4.57 Å². The normalized spacial score (nSPS) is 11.3. The number of halogens is 1. The number of unbranched alkanes of at least 4 members (excludes halogenated alkanes) is 1. The molecule has 0 saturated heterocycles. The van der Waals surface area contributed by atoms with E-state index in [0.717, 1.165) is 29.7 Å². The second kappa shape index (κ2) is 12.7. The molecule has 0 amide bonds. The van der Waals surface area contributed by atoms with Crippen LogP contribution in [0.4, 0.5) is 5.82 Å². The molecule has 0 spiro atoms. The highest BCUT2D eigenvalue weighted by molar-refractivity contribution is 6.32. The first kappa shape index (κ1) is 26.0. The third kappa shape index (κ3) is 6.94. The molecule has 0 atom stereocenters. The number of hydrogen-bond acceptors (Lipinski definition) is 6. The Bertz CT molecular complexity index is 1220. The number of hydrogen-bond donors (Lipinski definition) is 5. The van der Waals surface area contributed by atoms with Gasteiger partial charge in [0.2, 0.25) is 0 Å². The number of amidine groups is 1. The van der Waals surface area contributed by atoms with E-state index in [2.05, 4.69) is 15.6 Å². The lowest BCUT2D eigenvalue weighted by molar-refractivity contribution is 0.666. The van der Waals surface area contributed by atoms with Crippen LogP contribution in [0.5, 0.6) is 0 Å². The van der Waals surface area contributed by atoms with Crippen LogP contribution in [0.1, 0.15) is 30.9 Å². The average Bonchev–Trinajstić information content (AvgIpc) is 2.87. The Morgan fingerprint density at radius 2 is 1.86 bits per heavy atom. The number of benzene rings is 2. The number of nitrogens with zero attached hydrogens (tertiary/aromatic N) is 2. The van der Waals surface area contributed by atoms with Gasteiger partial charge >= 0.3 is 0 Å². The maximum atomic E-state index is 13.5. The first-order valence-corrected chi connectivity index (χ1v) is 11.9. The van der Waals surface area contributed by atoms with E-state index < -0.39 is 0 Å². The minimum absolute atomic E-state index is 0.0356. The standard InChI is InChI=1S/C26H32ClN7O/c1-2-21(32-16-18-10-12-20(13-11-18)24(29)30)17-34-22(19-8-4-3-5-9-19)23(27)33-25(26(34)35)31-15-7-6-14-28/h2-5,8-13,32H,6-7,14-17,28H2,1H3,(H3,29,30)(H,31,33)/b21-2+. The van der Waals surface area contributed by atoms with Gasteiger partial charge in [0.1, 0.15) is 5.84 Å². The second-order valence-corrected chi connectivity index (χ2v) is 8.42. The van der Waals surface area contributed by atoms with E-state index in [0.29, 0.717) is 37.4 Å². The molecular weight excluding hydrogens is 462 g/mol. The molecule has 0 fully saturated rings. The highest BCUT2D eigenvalue weighted by Crippen LogP contribution is 2.26. The van der Waals surface area contributed by atoms with Gasteiger partial charge in [0.15, 0.2) is 11.0 Å². The maximum Gasteiger partial charge on any atom is 0.294 e. The maximum absolute atomic E-state index is 13.5. The highest BCUT2D eigenvalue weighted by atomic mass is 35.5. The molecule has 3 aromatic rings. The van der Waals surface area contributed by atoms with Crippen LogP contribution < -0.4 is 27.7 Å². The van der Waals surface area contributed by atoms with Crippen LogP contribution in [-0.2, 0) is 13.1 Å². The largest absolute Gasteiger partial charge is 0.384 e. The fraction of sp³-hybridized carbons (Fsp3) is 0.269. The summed E-state index contributed by atoms with van der Waals surface area (Å²) in [6.07, 6.45) is 3.63. The predicted molar refractivity (Wildman–Crippen MR) is 144 cm³/mol. The number of nitrogens with two attached hydrogens (primary N) is 2. The van der Waals surface area contributed by atoms with Gasteiger partial charge < -0.3 is 22.1 Å². The molecule has 0 aliphatic carbocycles. The summed E-state index contributed by atoms with van der Waals surface area (Å²) in [4.78, 5) is 17.9. The van der Waals surface area contributed by atoms with Crippen LogP contribution in [0, 0.1) is 5.41 Å². The molecule has 1 heterocycles. The predicted octanol–water partition coefficient (Wildman–Crippen LogP) is 3.69. The molecule has 7 N–H and O–H groups in total. The molecule has 2 aromatic carbocycles. The van der Waals surface area contributed by atoms with Crippen molar-refractivity contribution in [2.75, 3.05) is 18.4 Å². The monoisotopic (exact) mass is 493 g/mol. The van der Waals surface area contributed by atoms with Gasteiger partial charge in [0.25, 0.3) is 5.56 Å². The Kier molecular flexibility index (Phi) is 9.46. The van der Waals surface area contributed by atoms with Gasteiger partial charge in [-0.15, -0.1) is 0 Å². The summed E-state index contributed by atoms with van der Waals surface area (Å²) in [5.41, 5.74) is 14.8. The first-order chi connectivity index (χ1) is 16.9. The Morgan fingerprint density at radius 1 is 1.14 bits per heavy atom. The zero-order chi connectivity index (χ0) is 25.2. The van der Waals surface area contributed by atoms with E-state index in [-0.39, 0.29) is 22.4 Å². The Hall–Kier alpha value is -3.62. The van der Waals surface area contributed by atoms with Gasteiger partial charge in [-0.1, -0.05) is 72.3 Å². The van der Waals surface area contributed by atoms with Gasteiger partial charge in [-0.25, -0.2) is 4.98 Å². The van der Waals surface area contributed by atoms with Gasteiger partial charge in [-0.05, 0) is 31.9 Å². The topological polar surface area (TPSA) is 135 Å². The number of allylic oxidation sites excluding steroid dienone is 2. The van der Waals surface area contributed by atoms with Crippen LogP contribution in [0.2, 0.25) is 5.15 Å². The molecule has 35 heavy (non-hydrogen) atoms. The minimum Gasteiger partial charge on any atom is -0.384 e. The summed E-state index contributed by atoms with van der Waals surface area (Å²) < 4.78 is 1.65. The molecule has 3 rings (SSSR count). The van der Waals surface area contributed by atoms with Crippen molar-refractivity contribution in [2.24, 2.45) is 11.5 Å². The van der Waals surface area contributed by atoms with Gasteiger partial charge in [-0.2, -0.15) is 0 Å². The van der Waals surface area contributed by atoms with Gasteiger partial charge in [0, 0.05) is 29.9 Å². The lowest BCUT2D eigenvalue weighted by atomic mass is 10.1. The van der Waals surface area contributed by atoms with Gasteiger partial charge in [-0.3, -0.25) is 14.8 Å². The zero-order valence-corrected chi connectivity index (χ0v) is 20.6. The molecule has 8 nitrogen and oxygen atoms in total. The number of anilines is 1. The van der Waals surface area contributed by atoms with Gasteiger partial charge in [0.05, 0.1) is 12.2 Å². The summed E-state index contributed by atoms with van der Waals surface area (Å²) in [5.74, 6) is 0.260.